The number of nitrogens with two attached hydrogens (primary N) is 3. The van der Waals surface area contributed by atoms with Gasteiger partial charge in [0.05, 0.1) is 0 Å². The molecule has 0 radical (unpaired) electrons. The van der Waals surface area contributed by atoms with Gasteiger partial charge in [-0.05, 0) is 57.3 Å². The number of amides is 5. The summed E-state index contributed by atoms with van der Waals surface area (Å²) < 4.78 is 0. The molecule has 1 aliphatic carbocycles. The molecule has 224 valence electrons. The second-order valence-corrected chi connectivity index (χ2v) is 11.4. The summed E-state index contributed by atoms with van der Waals surface area (Å²) in [6, 6.07) is -3.30. The molecule has 3 fully saturated rings. The van der Waals surface area contributed by atoms with E-state index in [2.05, 4.69) is 20.9 Å². The van der Waals surface area contributed by atoms with Gasteiger partial charge in [-0.25, -0.2) is 0 Å². The number of guanidine groups is 1. The molecule has 0 unspecified atom stereocenters. The van der Waals surface area contributed by atoms with E-state index >= 15 is 0 Å². The predicted octanol–water partition coefficient (Wildman–Crippen LogP) is -0.486. The number of carbonyl (C=O) groups is 5. The van der Waals surface area contributed by atoms with Crippen LogP contribution >= 0.6 is 0 Å². The van der Waals surface area contributed by atoms with Gasteiger partial charge in [0.25, 0.3) is 0 Å². The van der Waals surface area contributed by atoms with Gasteiger partial charge >= 0.3 is 0 Å². The van der Waals surface area contributed by atoms with Crippen molar-refractivity contribution in [3.8, 4) is 0 Å². The lowest BCUT2D eigenvalue weighted by Crippen LogP contribution is -2.65. The summed E-state index contributed by atoms with van der Waals surface area (Å²) in [5, 5.41) is 8.36. The van der Waals surface area contributed by atoms with Gasteiger partial charge in [-0.1, -0.05) is 32.1 Å². The second kappa shape index (κ2) is 14.8. The standard InChI is InChI=1S/C27H46N8O5/c1-16(36)32-21(15-17-7-3-2-4-8-17)24(38)34-20-13-12-18-9-5-11-22(35(18)26(20)40)25(39)33-19(23(28)37)10-6-14-31-27(29)30/h17-22H,2-15H2,1H3,(H2,28,37)(H,32,36)(H,33,39)(H,34,38)(H4,29,30,31)/t18-,19-,20+,21-,22+/m1/s1. The molecule has 13 nitrogen and oxygen atoms in total. The Bertz CT molecular complexity index is 963. The van der Waals surface area contributed by atoms with Crippen molar-refractivity contribution < 1.29 is 24.0 Å². The molecule has 0 aromatic heterocycles. The van der Waals surface area contributed by atoms with Crippen molar-refractivity contribution in [2.75, 3.05) is 6.54 Å². The maximum atomic E-state index is 13.7. The monoisotopic (exact) mass is 562 g/mol. The second-order valence-electron chi connectivity index (χ2n) is 11.4. The van der Waals surface area contributed by atoms with Crippen molar-refractivity contribution in [3.63, 3.8) is 0 Å². The average Bonchev–Trinajstić information content (AvgIpc) is 2.91. The molecular formula is C27H46N8O5. The fraction of sp³-hybridized carbons (Fsp3) is 0.778. The van der Waals surface area contributed by atoms with Crippen molar-refractivity contribution in [1.29, 1.82) is 0 Å². The molecule has 2 aliphatic heterocycles. The Balaban J connectivity index is 1.65. The molecular weight excluding hydrogens is 516 g/mol. The zero-order valence-corrected chi connectivity index (χ0v) is 23.5. The highest BCUT2D eigenvalue weighted by atomic mass is 16.2. The van der Waals surface area contributed by atoms with Crippen LogP contribution in [0, 0.1) is 5.92 Å². The highest BCUT2D eigenvalue weighted by Gasteiger charge is 2.45. The van der Waals surface area contributed by atoms with Gasteiger partial charge in [0.1, 0.15) is 24.2 Å². The highest BCUT2D eigenvalue weighted by molar-refractivity contribution is 5.96. The largest absolute Gasteiger partial charge is 0.370 e. The summed E-state index contributed by atoms with van der Waals surface area (Å²) in [7, 11) is 0. The summed E-state index contributed by atoms with van der Waals surface area (Å²) in [5.74, 6) is -1.80. The number of piperidine rings is 2. The Labute approximate surface area is 235 Å². The number of fused-ring (bicyclic) bond motifs is 1. The molecule has 5 atom stereocenters. The Kier molecular flexibility index (Phi) is 11.6. The molecule has 2 saturated heterocycles. The van der Waals surface area contributed by atoms with Gasteiger partial charge < -0.3 is 38.1 Å². The van der Waals surface area contributed by atoms with Crippen LogP contribution in [0.2, 0.25) is 0 Å². The number of primary amides is 1. The summed E-state index contributed by atoms with van der Waals surface area (Å²) in [5.41, 5.74) is 16.2. The van der Waals surface area contributed by atoms with Gasteiger partial charge in [-0.15, -0.1) is 0 Å². The summed E-state index contributed by atoms with van der Waals surface area (Å²) in [6.07, 6.45) is 9.80. The Morgan fingerprint density at radius 2 is 1.65 bits per heavy atom. The van der Waals surface area contributed by atoms with Crippen molar-refractivity contribution in [1.82, 2.24) is 20.9 Å². The SMILES string of the molecule is CC(=O)N[C@H](CC1CCCCC1)C(=O)N[C@H]1CC[C@H]2CCC[C@@H](C(=O)N[C@H](CCCN=C(N)N)C(N)=O)N2C1=O. The van der Waals surface area contributed by atoms with Crippen molar-refractivity contribution >= 4 is 35.5 Å². The first kappa shape index (κ1) is 31.2. The van der Waals surface area contributed by atoms with E-state index in [-0.39, 0.29) is 36.1 Å². The van der Waals surface area contributed by atoms with Crippen LogP contribution in [-0.4, -0.2) is 77.1 Å². The number of hydrogen-bond acceptors (Lipinski definition) is 6. The van der Waals surface area contributed by atoms with Gasteiger partial charge in [0.15, 0.2) is 5.96 Å². The highest BCUT2D eigenvalue weighted by Crippen LogP contribution is 2.32. The molecule has 0 aromatic rings. The molecule has 40 heavy (non-hydrogen) atoms. The maximum absolute atomic E-state index is 13.7. The third-order valence-electron chi connectivity index (χ3n) is 8.30. The predicted molar refractivity (Wildman–Crippen MR) is 149 cm³/mol. The summed E-state index contributed by atoms with van der Waals surface area (Å²) >= 11 is 0. The zero-order chi connectivity index (χ0) is 29.2. The van der Waals surface area contributed by atoms with Crippen molar-refractivity contribution in [3.05, 3.63) is 0 Å². The van der Waals surface area contributed by atoms with Crippen LogP contribution < -0.4 is 33.2 Å². The average molecular weight is 563 g/mol. The van der Waals surface area contributed by atoms with Crippen LogP contribution in [0.4, 0.5) is 0 Å². The third-order valence-corrected chi connectivity index (χ3v) is 8.30. The first-order valence-corrected chi connectivity index (χ1v) is 14.6. The van der Waals surface area contributed by atoms with E-state index in [9.17, 15) is 24.0 Å². The minimum atomic E-state index is -0.921. The molecule has 0 spiro atoms. The fourth-order valence-corrected chi connectivity index (χ4v) is 6.31. The minimum Gasteiger partial charge on any atom is -0.370 e. The van der Waals surface area contributed by atoms with Crippen LogP contribution in [-0.2, 0) is 24.0 Å². The minimum absolute atomic E-state index is 0.0597. The van der Waals surface area contributed by atoms with Gasteiger partial charge in [0, 0.05) is 19.5 Å². The lowest BCUT2D eigenvalue weighted by molar-refractivity contribution is -0.152. The molecule has 0 bridgehead atoms. The van der Waals surface area contributed by atoms with E-state index < -0.39 is 36.0 Å². The van der Waals surface area contributed by atoms with Crippen LogP contribution in [0.5, 0.6) is 0 Å². The molecule has 2 heterocycles. The fourth-order valence-electron chi connectivity index (χ4n) is 6.31. The van der Waals surface area contributed by atoms with E-state index in [1.54, 1.807) is 4.90 Å². The molecule has 9 N–H and O–H groups in total. The van der Waals surface area contributed by atoms with Gasteiger partial charge in [-0.3, -0.25) is 29.0 Å². The lowest BCUT2D eigenvalue weighted by atomic mass is 9.84. The molecule has 13 heteroatoms. The molecule has 1 saturated carbocycles. The Morgan fingerprint density at radius 1 is 0.925 bits per heavy atom. The van der Waals surface area contributed by atoms with Gasteiger partial charge in [-0.2, -0.15) is 0 Å². The van der Waals surface area contributed by atoms with Gasteiger partial charge in [0.2, 0.25) is 29.5 Å². The number of rotatable bonds is 12. The third kappa shape index (κ3) is 8.82. The topological polar surface area (TPSA) is 215 Å². The lowest BCUT2D eigenvalue weighted by Gasteiger charge is -2.46. The molecule has 5 amide bonds. The van der Waals surface area contributed by atoms with Crippen molar-refractivity contribution in [2.45, 2.75) is 121 Å². The maximum Gasteiger partial charge on any atom is 0.246 e. The summed E-state index contributed by atoms with van der Waals surface area (Å²) in [6.45, 7) is 1.67. The molecule has 3 rings (SSSR count). The summed E-state index contributed by atoms with van der Waals surface area (Å²) in [4.78, 5) is 69.6. The number of aliphatic imine (C=N–C) groups is 1. The van der Waals surface area contributed by atoms with E-state index in [1.807, 2.05) is 0 Å². The normalized spacial score (nSPS) is 24.7. The Morgan fingerprint density at radius 3 is 2.30 bits per heavy atom. The van der Waals surface area contributed by atoms with Crippen molar-refractivity contribution in [2.24, 2.45) is 28.1 Å². The number of nitrogens with one attached hydrogen (secondary N) is 3. The number of nitrogens with zero attached hydrogens (tertiary/aromatic N) is 2. The van der Waals surface area contributed by atoms with Crippen LogP contribution in [0.25, 0.3) is 0 Å². The van der Waals surface area contributed by atoms with E-state index in [4.69, 9.17) is 17.2 Å². The van der Waals surface area contributed by atoms with Crippen LogP contribution in [0.3, 0.4) is 0 Å². The molecule has 3 aliphatic rings. The van der Waals surface area contributed by atoms with Crippen LogP contribution in [0.1, 0.15) is 90.4 Å². The van der Waals surface area contributed by atoms with E-state index in [1.165, 1.54) is 13.3 Å². The quantitative estimate of drug-likeness (QED) is 0.104. The zero-order valence-electron chi connectivity index (χ0n) is 23.5. The Hall–Kier alpha value is -3.38. The molecule has 0 aromatic carbocycles. The smallest absolute Gasteiger partial charge is 0.246 e. The first-order valence-electron chi connectivity index (χ1n) is 14.6. The first-order chi connectivity index (χ1) is 19.1. The number of hydrogen-bond donors (Lipinski definition) is 6. The van der Waals surface area contributed by atoms with E-state index in [0.717, 1.165) is 38.5 Å². The van der Waals surface area contributed by atoms with E-state index in [0.29, 0.717) is 44.6 Å². The number of carbonyl (C=O) groups excluding carboxylic acids is 5. The van der Waals surface area contributed by atoms with Crippen LogP contribution in [0.15, 0.2) is 4.99 Å².